The molecule has 168 valence electrons. The first-order valence-electron chi connectivity index (χ1n) is 11.4. The van der Waals surface area contributed by atoms with Crippen LogP contribution in [0.2, 0.25) is 0 Å². The Labute approximate surface area is 192 Å². The van der Waals surface area contributed by atoms with Crippen LogP contribution in [-0.4, -0.2) is 45.1 Å². The molecule has 8 heteroatoms. The Morgan fingerprint density at radius 2 is 1.97 bits per heavy atom. The number of carbonyl (C=O) groups is 1. The topological polar surface area (TPSA) is 67.4 Å². The van der Waals surface area contributed by atoms with Crippen molar-refractivity contribution in [2.24, 2.45) is 0 Å². The van der Waals surface area contributed by atoms with Crippen molar-refractivity contribution in [3.63, 3.8) is 0 Å². The molecule has 4 heterocycles. The number of rotatable bonds is 6. The number of piperidine rings is 1. The van der Waals surface area contributed by atoms with Gasteiger partial charge in [0.15, 0.2) is 5.16 Å². The molecule has 0 N–H and O–H groups in total. The van der Waals surface area contributed by atoms with E-state index in [0.29, 0.717) is 6.54 Å². The van der Waals surface area contributed by atoms with Gasteiger partial charge in [-0.1, -0.05) is 30.0 Å². The van der Waals surface area contributed by atoms with Crippen LogP contribution in [0.25, 0.3) is 0 Å². The van der Waals surface area contributed by atoms with Crippen LogP contribution in [0.1, 0.15) is 44.4 Å². The van der Waals surface area contributed by atoms with Crippen LogP contribution >= 0.6 is 11.8 Å². The number of benzene rings is 1. The summed E-state index contributed by atoms with van der Waals surface area (Å²) in [5, 5.41) is 9.51. The van der Waals surface area contributed by atoms with Gasteiger partial charge in [0.1, 0.15) is 5.76 Å². The highest BCUT2D eigenvalue weighted by atomic mass is 32.2. The van der Waals surface area contributed by atoms with E-state index in [1.54, 1.807) is 6.26 Å². The fourth-order valence-electron chi connectivity index (χ4n) is 4.70. The van der Waals surface area contributed by atoms with Crippen LogP contribution in [0.15, 0.2) is 52.2 Å². The van der Waals surface area contributed by atoms with E-state index in [-0.39, 0.29) is 17.2 Å². The van der Waals surface area contributed by atoms with Crippen molar-refractivity contribution in [3.05, 3.63) is 54.0 Å². The third-order valence-electron chi connectivity index (χ3n) is 6.30. The molecule has 0 saturated carbocycles. The summed E-state index contributed by atoms with van der Waals surface area (Å²) in [5.74, 6) is 1.83. The number of para-hydroxylation sites is 1. The van der Waals surface area contributed by atoms with Crippen molar-refractivity contribution in [3.8, 4) is 0 Å². The van der Waals surface area contributed by atoms with Crippen molar-refractivity contribution in [1.29, 1.82) is 0 Å². The average molecular weight is 452 g/mol. The lowest BCUT2D eigenvalue weighted by atomic mass is 10.1. The van der Waals surface area contributed by atoms with E-state index >= 15 is 0 Å². The zero-order valence-electron chi connectivity index (χ0n) is 18.6. The molecule has 2 aromatic heterocycles. The predicted molar refractivity (Wildman–Crippen MR) is 126 cm³/mol. The number of furan rings is 1. The fraction of sp³-hybridized carbons (Fsp3) is 0.458. The van der Waals surface area contributed by atoms with Crippen molar-refractivity contribution in [1.82, 2.24) is 14.8 Å². The first-order valence-corrected chi connectivity index (χ1v) is 12.3. The number of amides is 1. The summed E-state index contributed by atoms with van der Waals surface area (Å²) in [6, 6.07) is 12.2. The Morgan fingerprint density at radius 1 is 1.16 bits per heavy atom. The second-order valence-corrected chi connectivity index (χ2v) is 9.95. The molecule has 7 nitrogen and oxygen atoms in total. The molecule has 2 aliphatic rings. The number of aromatic nitrogens is 3. The van der Waals surface area contributed by atoms with Gasteiger partial charge in [-0.2, -0.15) is 0 Å². The van der Waals surface area contributed by atoms with E-state index < -0.39 is 0 Å². The van der Waals surface area contributed by atoms with Gasteiger partial charge in [-0.25, -0.2) is 0 Å². The second-order valence-electron chi connectivity index (χ2n) is 8.65. The van der Waals surface area contributed by atoms with Gasteiger partial charge in [0.05, 0.1) is 18.1 Å². The molecule has 0 bridgehead atoms. The molecule has 0 radical (unpaired) electrons. The number of hydrogen-bond acceptors (Lipinski definition) is 6. The quantitative estimate of drug-likeness (QED) is 0.519. The van der Waals surface area contributed by atoms with Crippen LogP contribution in [0.3, 0.4) is 0 Å². The Morgan fingerprint density at radius 3 is 2.75 bits per heavy atom. The minimum absolute atomic E-state index is 0.111. The van der Waals surface area contributed by atoms with Crippen LogP contribution in [-0.2, 0) is 17.8 Å². The number of thioether (sulfide) groups is 1. The maximum Gasteiger partial charge on any atom is 0.240 e. The summed E-state index contributed by atoms with van der Waals surface area (Å²) in [7, 11) is 0. The summed E-state index contributed by atoms with van der Waals surface area (Å²) in [6.07, 6.45) is 6.17. The number of nitrogens with zero attached hydrogens (tertiary/aromatic N) is 5. The fourth-order valence-corrected chi connectivity index (χ4v) is 5.59. The minimum atomic E-state index is -0.280. The molecule has 1 saturated heterocycles. The molecule has 2 aliphatic heterocycles. The number of fused-ring (bicyclic) bond motifs is 1. The second kappa shape index (κ2) is 9.02. The van der Waals surface area contributed by atoms with Crippen molar-refractivity contribution >= 4 is 29.3 Å². The van der Waals surface area contributed by atoms with Crippen LogP contribution in [0, 0.1) is 0 Å². The van der Waals surface area contributed by atoms with E-state index in [9.17, 15) is 4.79 Å². The maximum absolute atomic E-state index is 13.5. The molecule has 3 aromatic rings. The molecule has 0 aliphatic carbocycles. The number of carbonyl (C=O) groups excluding carboxylic acids is 1. The summed E-state index contributed by atoms with van der Waals surface area (Å²) in [4.78, 5) is 17.7. The third kappa shape index (κ3) is 4.03. The minimum Gasteiger partial charge on any atom is -0.467 e. The van der Waals surface area contributed by atoms with Crippen LogP contribution in [0.5, 0.6) is 0 Å². The molecule has 1 aromatic carbocycles. The normalized spacial score (nSPS) is 19.2. The Kier molecular flexibility index (Phi) is 5.95. The Balaban J connectivity index is 1.39. The molecule has 5 rings (SSSR count). The highest BCUT2D eigenvalue weighted by Gasteiger charge is 2.34. The lowest BCUT2D eigenvalue weighted by molar-refractivity contribution is -0.118. The molecule has 0 spiro atoms. The van der Waals surface area contributed by atoms with E-state index in [1.807, 2.05) is 42.2 Å². The number of anilines is 2. The highest BCUT2D eigenvalue weighted by molar-refractivity contribution is 8.00. The van der Waals surface area contributed by atoms with E-state index in [2.05, 4.69) is 32.7 Å². The van der Waals surface area contributed by atoms with Gasteiger partial charge < -0.3 is 14.2 Å². The van der Waals surface area contributed by atoms with E-state index in [4.69, 9.17) is 4.42 Å². The maximum atomic E-state index is 13.5. The largest absolute Gasteiger partial charge is 0.467 e. The first-order chi connectivity index (χ1) is 15.6. The van der Waals surface area contributed by atoms with Gasteiger partial charge in [-0.15, -0.1) is 10.2 Å². The summed E-state index contributed by atoms with van der Waals surface area (Å²) in [6.45, 7) is 6.60. The molecule has 1 fully saturated rings. The standard InChI is InChI=1S/C24H29N5O2S/c1-17-15-19-9-4-5-11-21(19)29(17)22(30)18(2)32-24-26-25-23(27-12-6-3-7-13-27)28(24)16-20-10-8-14-31-20/h4-5,8-11,14,17-18H,3,6-7,12-13,15-16H2,1-2H3/t17-,18-/m0/s1. The third-order valence-corrected chi connectivity index (χ3v) is 7.37. The predicted octanol–water partition coefficient (Wildman–Crippen LogP) is 4.37. The molecule has 1 amide bonds. The van der Waals surface area contributed by atoms with Crippen LogP contribution in [0.4, 0.5) is 11.6 Å². The molecule has 0 unspecified atom stereocenters. The highest BCUT2D eigenvalue weighted by Crippen LogP contribution is 2.35. The van der Waals surface area contributed by atoms with Crippen molar-refractivity contribution in [2.75, 3.05) is 22.9 Å². The lowest BCUT2D eigenvalue weighted by Gasteiger charge is -2.28. The zero-order chi connectivity index (χ0) is 22.1. The van der Waals surface area contributed by atoms with Crippen molar-refractivity contribution < 1.29 is 9.21 Å². The van der Waals surface area contributed by atoms with Crippen molar-refractivity contribution in [2.45, 2.75) is 62.5 Å². The monoisotopic (exact) mass is 451 g/mol. The smallest absolute Gasteiger partial charge is 0.240 e. The van der Waals surface area contributed by atoms with Gasteiger partial charge in [-0.3, -0.25) is 9.36 Å². The van der Waals surface area contributed by atoms with Gasteiger partial charge in [0.25, 0.3) is 0 Å². The van der Waals surface area contributed by atoms with Crippen LogP contribution < -0.4 is 9.80 Å². The molecule has 32 heavy (non-hydrogen) atoms. The average Bonchev–Trinajstić information content (AvgIpc) is 3.53. The molecular weight excluding hydrogens is 422 g/mol. The van der Waals surface area contributed by atoms with Gasteiger partial charge in [0.2, 0.25) is 11.9 Å². The summed E-state index contributed by atoms with van der Waals surface area (Å²) < 4.78 is 7.71. The molecular formula is C24H29N5O2S. The van der Waals surface area contributed by atoms with E-state index in [1.165, 1.54) is 23.7 Å². The van der Waals surface area contributed by atoms with Gasteiger partial charge in [0, 0.05) is 24.8 Å². The van der Waals surface area contributed by atoms with E-state index in [0.717, 1.165) is 54.9 Å². The Hall–Kier alpha value is -2.74. The summed E-state index contributed by atoms with van der Waals surface area (Å²) >= 11 is 1.48. The SMILES string of the molecule is C[C@H](Sc1nnc(N2CCCCC2)n1Cc1ccco1)C(=O)N1c2ccccc2C[C@@H]1C. The summed E-state index contributed by atoms with van der Waals surface area (Å²) in [5.41, 5.74) is 2.27. The molecule has 2 atom stereocenters. The lowest BCUT2D eigenvalue weighted by Crippen LogP contribution is -2.40. The first kappa shape index (κ1) is 21.1. The van der Waals surface area contributed by atoms with Gasteiger partial charge in [-0.05, 0) is 63.3 Å². The number of hydrogen-bond donors (Lipinski definition) is 0. The van der Waals surface area contributed by atoms with Gasteiger partial charge >= 0.3 is 0 Å². The zero-order valence-corrected chi connectivity index (χ0v) is 19.4. The Bertz CT molecular complexity index is 1070.